The van der Waals surface area contributed by atoms with Crippen LogP contribution in [0, 0.1) is 17.7 Å². The molecular weight excluding hydrogens is 515 g/mol. The van der Waals surface area contributed by atoms with Crippen molar-refractivity contribution in [3.05, 3.63) is 88.0 Å². The average Bonchev–Trinajstić information content (AvgIpc) is 3.32. The summed E-state index contributed by atoms with van der Waals surface area (Å²) in [5, 5.41) is 3.68. The van der Waals surface area contributed by atoms with Gasteiger partial charge in [0.25, 0.3) is 5.88 Å². The highest BCUT2D eigenvalue weighted by Gasteiger charge is 2.11. The summed E-state index contributed by atoms with van der Waals surface area (Å²) < 4.78 is 25.1. The topological polar surface area (TPSA) is 108 Å². The van der Waals surface area contributed by atoms with Gasteiger partial charge in [-0.15, -0.1) is 11.3 Å². The molecule has 0 fully saturated rings. The number of halogens is 2. The van der Waals surface area contributed by atoms with E-state index < -0.39 is 0 Å². The number of ether oxygens (including phenoxy) is 2. The maximum atomic E-state index is 13.4. The number of nitrogens with two attached hydrogens (primary N) is 1. The molecule has 0 aliphatic heterocycles. The predicted molar refractivity (Wildman–Crippen MR) is 142 cm³/mol. The third kappa shape index (κ3) is 5.69. The van der Waals surface area contributed by atoms with E-state index in [2.05, 4.69) is 37.1 Å². The highest BCUT2D eigenvalue weighted by atomic mass is 35.5. The van der Waals surface area contributed by atoms with E-state index in [-0.39, 0.29) is 24.1 Å². The van der Waals surface area contributed by atoms with Crippen molar-refractivity contribution in [1.82, 2.24) is 19.9 Å². The van der Waals surface area contributed by atoms with Crippen LogP contribution < -0.4 is 20.5 Å². The molecule has 5 rings (SSSR count). The van der Waals surface area contributed by atoms with Crippen LogP contribution >= 0.6 is 22.9 Å². The van der Waals surface area contributed by atoms with E-state index in [9.17, 15) is 4.39 Å². The number of rotatable bonds is 6. The summed E-state index contributed by atoms with van der Waals surface area (Å²) in [4.78, 5) is 17.8. The lowest BCUT2D eigenvalue weighted by atomic mass is 10.2. The van der Waals surface area contributed by atoms with Crippen molar-refractivity contribution < 1.29 is 13.9 Å². The summed E-state index contributed by atoms with van der Waals surface area (Å²) in [6.45, 7) is 0.199. The Balaban J connectivity index is 1.33. The quantitative estimate of drug-likeness (QED) is 0.273. The molecule has 0 amide bonds. The molecule has 3 N–H and O–H groups in total. The van der Waals surface area contributed by atoms with Crippen LogP contribution in [-0.4, -0.2) is 27.0 Å². The van der Waals surface area contributed by atoms with Crippen LogP contribution in [0.1, 0.15) is 16.1 Å². The summed E-state index contributed by atoms with van der Waals surface area (Å²) in [7, 11) is 1.47. The molecule has 0 atom stereocenters. The fourth-order valence-electron chi connectivity index (χ4n) is 3.34. The predicted octanol–water partition coefficient (Wildman–Crippen LogP) is 5.59. The SMILES string of the molecule is COc1nc(C#Cc2cc3ncnc(Nc4ccc(OCc5cccc(F)c5)c(Cl)c4)c3s2)cnc1N. The van der Waals surface area contributed by atoms with Crippen LogP contribution in [0.3, 0.4) is 0 Å². The largest absolute Gasteiger partial charge is 0.487 e. The third-order valence-corrected chi connectivity index (χ3v) is 6.41. The molecule has 184 valence electrons. The van der Waals surface area contributed by atoms with Crippen LogP contribution in [0.5, 0.6) is 11.6 Å². The minimum absolute atomic E-state index is 0.199. The molecule has 3 aromatic heterocycles. The summed E-state index contributed by atoms with van der Waals surface area (Å²) in [6.07, 6.45) is 2.96. The number of nitrogens with one attached hydrogen (secondary N) is 1. The smallest absolute Gasteiger partial charge is 0.258 e. The van der Waals surface area contributed by atoms with Gasteiger partial charge < -0.3 is 20.5 Å². The second-order valence-corrected chi connectivity index (χ2v) is 9.10. The van der Waals surface area contributed by atoms with E-state index in [4.69, 9.17) is 26.8 Å². The van der Waals surface area contributed by atoms with Crippen LogP contribution in [0.15, 0.2) is 61.1 Å². The van der Waals surface area contributed by atoms with Crippen molar-refractivity contribution in [2.45, 2.75) is 6.61 Å². The highest BCUT2D eigenvalue weighted by molar-refractivity contribution is 7.20. The monoisotopic (exact) mass is 532 g/mol. The Morgan fingerprint density at radius 2 is 2.00 bits per heavy atom. The van der Waals surface area contributed by atoms with Crippen molar-refractivity contribution in [2.24, 2.45) is 0 Å². The van der Waals surface area contributed by atoms with Gasteiger partial charge >= 0.3 is 0 Å². The number of benzene rings is 2. The first-order chi connectivity index (χ1) is 18.0. The highest BCUT2D eigenvalue weighted by Crippen LogP contribution is 2.33. The molecule has 11 heteroatoms. The molecule has 5 aromatic rings. The Labute approximate surface area is 220 Å². The van der Waals surface area contributed by atoms with Gasteiger partial charge in [0.2, 0.25) is 0 Å². The molecule has 37 heavy (non-hydrogen) atoms. The maximum Gasteiger partial charge on any atom is 0.258 e. The molecule has 8 nitrogen and oxygen atoms in total. The molecule has 0 aliphatic rings. The molecule has 0 aliphatic carbocycles. The van der Waals surface area contributed by atoms with Crippen molar-refractivity contribution >= 4 is 50.5 Å². The fraction of sp³-hybridized carbons (Fsp3) is 0.0769. The molecule has 0 bridgehead atoms. The van der Waals surface area contributed by atoms with E-state index >= 15 is 0 Å². The summed E-state index contributed by atoms with van der Waals surface area (Å²) in [5.41, 5.74) is 8.31. The first-order valence-electron chi connectivity index (χ1n) is 10.9. The van der Waals surface area contributed by atoms with E-state index in [1.807, 2.05) is 12.1 Å². The van der Waals surface area contributed by atoms with E-state index in [1.165, 1.54) is 43.1 Å². The van der Waals surface area contributed by atoms with Crippen molar-refractivity contribution in [3.63, 3.8) is 0 Å². The van der Waals surface area contributed by atoms with Crippen molar-refractivity contribution in [3.8, 4) is 23.5 Å². The molecule has 0 unspecified atom stereocenters. The summed E-state index contributed by atoms with van der Waals surface area (Å²) in [5.74, 6) is 7.25. The zero-order valence-corrected chi connectivity index (χ0v) is 20.9. The lowest BCUT2D eigenvalue weighted by Gasteiger charge is -2.11. The Morgan fingerprint density at radius 1 is 1.11 bits per heavy atom. The van der Waals surface area contributed by atoms with Gasteiger partial charge in [0.05, 0.1) is 33.4 Å². The fourth-order valence-corrected chi connectivity index (χ4v) is 4.49. The number of hydrogen-bond acceptors (Lipinski definition) is 9. The number of fused-ring (bicyclic) bond motifs is 1. The molecular formula is C26H18ClFN6O2S. The number of thiophene rings is 1. The molecule has 0 saturated heterocycles. The van der Waals surface area contributed by atoms with Crippen LogP contribution in [0.4, 0.5) is 21.7 Å². The summed E-state index contributed by atoms with van der Waals surface area (Å²) >= 11 is 7.87. The molecule has 3 heterocycles. The molecule has 2 aromatic carbocycles. The minimum Gasteiger partial charge on any atom is -0.487 e. The first-order valence-corrected chi connectivity index (χ1v) is 12.0. The minimum atomic E-state index is -0.315. The van der Waals surface area contributed by atoms with Crippen molar-refractivity contribution in [2.75, 3.05) is 18.2 Å². The third-order valence-electron chi connectivity index (χ3n) is 5.06. The van der Waals surface area contributed by atoms with Gasteiger partial charge in [0.1, 0.15) is 30.2 Å². The van der Waals surface area contributed by atoms with Gasteiger partial charge in [-0.2, -0.15) is 4.98 Å². The van der Waals surface area contributed by atoms with Crippen LogP contribution in [0.2, 0.25) is 5.02 Å². The van der Waals surface area contributed by atoms with Crippen LogP contribution in [-0.2, 0) is 6.61 Å². The number of hydrogen-bond donors (Lipinski definition) is 2. The molecule has 0 saturated carbocycles. The zero-order chi connectivity index (χ0) is 25.8. The first kappa shape index (κ1) is 24.2. The van der Waals surface area contributed by atoms with Gasteiger partial charge in [-0.05, 0) is 53.8 Å². The summed E-state index contributed by atoms with van der Waals surface area (Å²) in [6, 6.07) is 13.4. The standard InChI is InChI=1S/C26H18ClFN6O2S/c1-35-26-24(29)30-12-18(34-26)5-7-19-11-21-23(37-19)25(32-14-31-21)33-17-6-8-22(20(27)10-17)36-13-15-3-2-4-16(28)9-15/h2-4,6,8-12,14H,13H2,1H3,(H2,29,30)(H,31,32,33). The number of anilines is 3. The van der Waals surface area contributed by atoms with Gasteiger partial charge in [-0.1, -0.05) is 23.7 Å². The normalized spacial score (nSPS) is 10.6. The van der Waals surface area contributed by atoms with Crippen LogP contribution in [0.25, 0.3) is 10.2 Å². The second kappa shape index (κ2) is 10.7. The Morgan fingerprint density at radius 3 is 2.81 bits per heavy atom. The van der Waals surface area contributed by atoms with Crippen molar-refractivity contribution in [1.29, 1.82) is 0 Å². The number of aromatic nitrogens is 4. The Kier molecular flexibility index (Phi) is 6.98. The van der Waals surface area contributed by atoms with Gasteiger partial charge in [-0.25, -0.2) is 19.3 Å². The maximum absolute atomic E-state index is 13.4. The Hall–Kier alpha value is -4.46. The van der Waals surface area contributed by atoms with E-state index in [0.29, 0.717) is 33.5 Å². The van der Waals surface area contributed by atoms with Gasteiger partial charge in [0, 0.05) is 5.69 Å². The number of nitrogens with zero attached hydrogens (tertiary/aromatic N) is 4. The average molecular weight is 533 g/mol. The molecule has 0 spiro atoms. The number of methoxy groups -OCH3 is 1. The second-order valence-electron chi connectivity index (χ2n) is 7.64. The van der Waals surface area contributed by atoms with E-state index in [1.54, 1.807) is 24.3 Å². The lowest BCUT2D eigenvalue weighted by molar-refractivity contribution is 0.306. The Bertz CT molecular complexity index is 1670. The number of nitrogen functional groups attached to an aromatic ring is 1. The lowest BCUT2D eigenvalue weighted by Crippen LogP contribution is -1.99. The van der Waals surface area contributed by atoms with Gasteiger partial charge in [0.15, 0.2) is 11.6 Å². The zero-order valence-electron chi connectivity index (χ0n) is 19.3. The van der Waals surface area contributed by atoms with Gasteiger partial charge in [-0.3, -0.25) is 0 Å². The molecule has 0 radical (unpaired) electrons. The van der Waals surface area contributed by atoms with E-state index in [0.717, 1.165) is 15.1 Å².